The van der Waals surface area contributed by atoms with Gasteiger partial charge < -0.3 is 9.80 Å². The number of fused-ring (bicyclic) bond motifs is 1. The highest BCUT2D eigenvalue weighted by molar-refractivity contribution is 6.05. The van der Waals surface area contributed by atoms with Crippen LogP contribution in [-0.4, -0.2) is 52.9 Å². The number of benzene rings is 1. The van der Waals surface area contributed by atoms with Crippen LogP contribution in [0.25, 0.3) is 10.8 Å². The first kappa shape index (κ1) is 15.6. The van der Waals surface area contributed by atoms with E-state index < -0.39 is 0 Å². The zero-order chi connectivity index (χ0) is 16.4. The first-order valence-electron chi connectivity index (χ1n) is 9.20. The van der Waals surface area contributed by atoms with Gasteiger partial charge in [-0.2, -0.15) is 0 Å². The maximum Gasteiger partial charge on any atom is 0.273 e. The third-order valence-corrected chi connectivity index (χ3v) is 5.43. The molecular formula is C20H25N3O. The van der Waals surface area contributed by atoms with Crippen LogP contribution in [0.5, 0.6) is 0 Å². The molecule has 1 aromatic heterocycles. The Bertz CT molecular complexity index is 718. The van der Waals surface area contributed by atoms with Crippen LogP contribution in [-0.2, 0) is 0 Å². The zero-order valence-electron chi connectivity index (χ0n) is 14.2. The van der Waals surface area contributed by atoms with Crippen LogP contribution in [0.4, 0.5) is 0 Å². The van der Waals surface area contributed by atoms with Crippen LogP contribution in [0.15, 0.2) is 36.5 Å². The van der Waals surface area contributed by atoms with Crippen LogP contribution < -0.4 is 0 Å². The van der Waals surface area contributed by atoms with Crippen molar-refractivity contribution >= 4 is 16.7 Å². The maximum absolute atomic E-state index is 13.2. The van der Waals surface area contributed by atoms with Crippen molar-refractivity contribution in [3.8, 4) is 0 Å². The molecule has 0 N–H and O–H groups in total. The largest absolute Gasteiger partial charge is 0.333 e. The highest BCUT2D eigenvalue weighted by Crippen LogP contribution is 2.24. The van der Waals surface area contributed by atoms with Crippen molar-refractivity contribution in [1.82, 2.24) is 14.8 Å². The van der Waals surface area contributed by atoms with E-state index in [0.717, 1.165) is 36.7 Å². The van der Waals surface area contributed by atoms with Gasteiger partial charge in [0.25, 0.3) is 5.91 Å². The molecule has 126 valence electrons. The first-order chi connectivity index (χ1) is 11.8. The van der Waals surface area contributed by atoms with Gasteiger partial charge in [0, 0.05) is 30.7 Å². The Balaban J connectivity index is 1.56. The number of piperidine rings is 1. The zero-order valence-corrected chi connectivity index (χ0v) is 14.2. The summed E-state index contributed by atoms with van der Waals surface area (Å²) in [6, 6.07) is 10.4. The van der Waals surface area contributed by atoms with Gasteiger partial charge in [-0.25, -0.2) is 0 Å². The van der Waals surface area contributed by atoms with Crippen molar-refractivity contribution in [2.75, 3.05) is 26.2 Å². The van der Waals surface area contributed by atoms with Crippen LogP contribution in [0.2, 0.25) is 0 Å². The molecule has 0 unspecified atom stereocenters. The molecule has 2 aliphatic heterocycles. The van der Waals surface area contributed by atoms with Gasteiger partial charge in [0.15, 0.2) is 0 Å². The Hall–Kier alpha value is -1.94. The van der Waals surface area contributed by atoms with Crippen LogP contribution in [0, 0.1) is 0 Å². The minimum absolute atomic E-state index is 0.103. The Labute approximate surface area is 143 Å². The van der Waals surface area contributed by atoms with Gasteiger partial charge in [-0.05, 0) is 50.2 Å². The number of rotatable bonds is 3. The summed E-state index contributed by atoms with van der Waals surface area (Å²) in [4.78, 5) is 22.2. The van der Waals surface area contributed by atoms with Crippen molar-refractivity contribution in [1.29, 1.82) is 0 Å². The van der Waals surface area contributed by atoms with Gasteiger partial charge in [0.1, 0.15) is 5.69 Å². The summed E-state index contributed by atoms with van der Waals surface area (Å²) >= 11 is 0. The van der Waals surface area contributed by atoms with E-state index in [9.17, 15) is 4.79 Å². The summed E-state index contributed by atoms with van der Waals surface area (Å²) < 4.78 is 0. The third kappa shape index (κ3) is 3.03. The molecule has 1 amide bonds. The number of pyridine rings is 1. The van der Waals surface area contributed by atoms with Crippen molar-refractivity contribution < 1.29 is 4.79 Å². The van der Waals surface area contributed by atoms with E-state index >= 15 is 0 Å². The van der Waals surface area contributed by atoms with Crippen molar-refractivity contribution in [2.45, 2.75) is 38.1 Å². The minimum Gasteiger partial charge on any atom is -0.333 e. The molecule has 4 heteroatoms. The summed E-state index contributed by atoms with van der Waals surface area (Å²) in [7, 11) is 0. The minimum atomic E-state index is 0.103. The fourth-order valence-electron chi connectivity index (χ4n) is 4.16. The molecule has 0 aliphatic carbocycles. The quantitative estimate of drug-likeness (QED) is 0.869. The Morgan fingerprint density at radius 1 is 1.04 bits per heavy atom. The number of hydrogen-bond acceptors (Lipinski definition) is 3. The smallest absolute Gasteiger partial charge is 0.273 e. The average molecular weight is 323 g/mol. The van der Waals surface area contributed by atoms with Gasteiger partial charge in [0.2, 0.25) is 0 Å². The second-order valence-electron chi connectivity index (χ2n) is 7.04. The fraction of sp³-hybridized carbons (Fsp3) is 0.500. The van der Waals surface area contributed by atoms with E-state index in [1.807, 2.05) is 30.3 Å². The number of carbonyl (C=O) groups excluding carboxylic acids is 1. The predicted octanol–water partition coefficient (Wildman–Crippen LogP) is 3.33. The SMILES string of the molecule is O=C(c1nccc2ccccc12)N1CCC[C@@H]1CN1CCCCC1. The van der Waals surface area contributed by atoms with Crippen molar-refractivity contribution in [3.05, 3.63) is 42.2 Å². The van der Waals surface area contributed by atoms with Crippen LogP contribution in [0.3, 0.4) is 0 Å². The first-order valence-corrected chi connectivity index (χ1v) is 9.20. The molecule has 2 aliphatic rings. The summed E-state index contributed by atoms with van der Waals surface area (Å²) in [6.45, 7) is 4.26. The molecule has 1 aromatic carbocycles. The lowest BCUT2D eigenvalue weighted by Gasteiger charge is -2.33. The fourth-order valence-corrected chi connectivity index (χ4v) is 4.16. The lowest BCUT2D eigenvalue weighted by molar-refractivity contribution is 0.0686. The van der Waals surface area contributed by atoms with E-state index in [4.69, 9.17) is 0 Å². The number of aromatic nitrogens is 1. The number of likely N-dealkylation sites (tertiary alicyclic amines) is 2. The summed E-state index contributed by atoms with van der Waals surface area (Å²) in [5.41, 5.74) is 0.610. The molecule has 3 heterocycles. The van der Waals surface area contributed by atoms with Gasteiger partial charge in [-0.3, -0.25) is 9.78 Å². The monoisotopic (exact) mass is 323 g/mol. The highest BCUT2D eigenvalue weighted by atomic mass is 16.2. The molecule has 0 bridgehead atoms. The normalized spacial score (nSPS) is 22.2. The molecule has 4 nitrogen and oxygen atoms in total. The van der Waals surface area contributed by atoms with Crippen molar-refractivity contribution in [3.63, 3.8) is 0 Å². The van der Waals surface area contributed by atoms with E-state index in [0.29, 0.717) is 11.7 Å². The van der Waals surface area contributed by atoms with Gasteiger partial charge in [-0.15, -0.1) is 0 Å². The second kappa shape index (κ2) is 6.89. The third-order valence-electron chi connectivity index (χ3n) is 5.43. The Kier molecular flexibility index (Phi) is 4.48. The summed E-state index contributed by atoms with van der Waals surface area (Å²) in [5, 5.41) is 2.05. The molecule has 0 radical (unpaired) electrons. The Morgan fingerprint density at radius 2 is 1.88 bits per heavy atom. The van der Waals surface area contributed by atoms with Crippen molar-refractivity contribution in [2.24, 2.45) is 0 Å². The molecule has 0 saturated carbocycles. The molecule has 2 fully saturated rings. The van der Waals surface area contributed by atoms with Crippen LogP contribution in [0.1, 0.15) is 42.6 Å². The molecule has 0 spiro atoms. The molecule has 2 saturated heterocycles. The summed E-state index contributed by atoms with van der Waals surface area (Å²) in [6.07, 6.45) is 7.92. The molecule has 1 atom stereocenters. The lowest BCUT2D eigenvalue weighted by Crippen LogP contribution is -2.45. The highest BCUT2D eigenvalue weighted by Gasteiger charge is 2.32. The number of amides is 1. The lowest BCUT2D eigenvalue weighted by atomic mass is 10.1. The average Bonchev–Trinajstić information content (AvgIpc) is 3.09. The van der Waals surface area contributed by atoms with E-state index in [1.165, 1.54) is 32.4 Å². The number of carbonyl (C=O) groups is 1. The van der Waals surface area contributed by atoms with Gasteiger partial charge in [0.05, 0.1) is 0 Å². The molecule has 24 heavy (non-hydrogen) atoms. The summed E-state index contributed by atoms with van der Waals surface area (Å²) in [5.74, 6) is 0.103. The number of hydrogen-bond donors (Lipinski definition) is 0. The van der Waals surface area contributed by atoms with Gasteiger partial charge in [-0.1, -0.05) is 30.7 Å². The van der Waals surface area contributed by atoms with Gasteiger partial charge >= 0.3 is 0 Å². The second-order valence-corrected chi connectivity index (χ2v) is 7.04. The van der Waals surface area contributed by atoms with E-state index in [-0.39, 0.29) is 5.91 Å². The Morgan fingerprint density at radius 3 is 2.75 bits per heavy atom. The van der Waals surface area contributed by atoms with E-state index in [1.54, 1.807) is 6.20 Å². The van der Waals surface area contributed by atoms with E-state index in [2.05, 4.69) is 14.8 Å². The van der Waals surface area contributed by atoms with Crippen LogP contribution >= 0.6 is 0 Å². The maximum atomic E-state index is 13.2. The molecular weight excluding hydrogens is 298 g/mol. The topological polar surface area (TPSA) is 36.4 Å². The molecule has 2 aromatic rings. The predicted molar refractivity (Wildman–Crippen MR) is 96.1 cm³/mol. The molecule has 4 rings (SSSR count). The number of nitrogens with zero attached hydrogens (tertiary/aromatic N) is 3. The standard InChI is InChI=1S/C20H25N3O/c24-20(19-18-9-3-2-7-16(18)10-11-21-19)23-14-6-8-17(23)15-22-12-4-1-5-13-22/h2-3,7,9-11,17H,1,4-6,8,12-15H2/t17-/m1/s1.